The lowest BCUT2D eigenvalue weighted by Gasteiger charge is -1.97. The Morgan fingerprint density at radius 1 is 1.64 bits per heavy atom. The first-order chi connectivity index (χ1) is 5.25. The van der Waals surface area contributed by atoms with Crippen LogP contribution in [0.4, 0.5) is 0 Å². The van der Waals surface area contributed by atoms with Gasteiger partial charge in [0.25, 0.3) is 0 Å². The lowest BCUT2D eigenvalue weighted by molar-refractivity contribution is 0.858. The minimum absolute atomic E-state index is 0.348. The van der Waals surface area contributed by atoms with Crippen molar-refractivity contribution >= 4 is 0 Å². The third-order valence-corrected chi connectivity index (χ3v) is 1.38. The third kappa shape index (κ3) is 0.899. The second-order valence-corrected chi connectivity index (χ2v) is 2.32. The van der Waals surface area contributed by atoms with Crippen molar-refractivity contribution < 1.29 is 0 Å². The van der Waals surface area contributed by atoms with E-state index in [0.717, 1.165) is 0 Å². The molecule has 0 saturated carbocycles. The van der Waals surface area contributed by atoms with E-state index in [9.17, 15) is 4.79 Å². The molecule has 2 rings (SSSR count). The van der Waals surface area contributed by atoms with Crippen molar-refractivity contribution in [1.82, 2.24) is 19.5 Å². The van der Waals surface area contributed by atoms with Crippen LogP contribution in [-0.2, 0) is 7.05 Å². The second-order valence-electron chi connectivity index (χ2n) is 2.32. The van der Waals surface area contributed by atoms with Crippen molar-refractivity contribution in [3.8, 4) is 11.5 Å². The highest BCUT2D eigenvalue weighted by atomic mass is 16.1. The fourth-order valence-electron chi connectivity index (χ4n) is 0.927. The van der Waals surface area contributed by atoms with Crippen LogP contribution in [0.25, 0.3) is 11.5 Å². The lowest BCUT2D eigenvalue weighted by atomic mass is 10.4. The van der Waals surface area contributed by atoms with Gasteiger partial charge in [-0.2, -0.15) is 4.98 Å². The van der Waals surface area contributed by atoms with E-state index in [1.54, 1.807) is 17.1 Å². The van der Waals surface area contributed by atoms with E-state index in [1.165, 1.54) is 0 Å². The SMILES string of the molecule is Cn1cnc2nc(=O)[nH]c-2c1. The zero-order valence-corrected chi connectivity index (χ0v) is 5.90. The van der Waals surface area contributed by atoms with Crippen molar-refractivity contribution in [3.63, 3.8) is 0 Å². The molecule has 1 N–H and O–H groups in total. The highest BCUT2D eigenvalue weighted by Gasteiger charge is 2.06. The maximum absolute atomic E-state index is 10.7. The van der Waals surface area contributed by atoms with Gasteiger partial charge in [0, 0.05) is 13.2 Å². The summed E-state index contributed by atoms with van der Waals surface area (Å²) in [6.45, 7) is 0. The Morgan fingerprint density at radius 2 is 2.45 bits per heavy atom. The van der Waals surface area contributed by atoms with Gasteiger partial charge in [0.1, 0.15) is 5.69 Å². The highest BCUT2D eigenvalue weighted by molar-refractivity contribution is 5.47. The number of aryl methyl sites for hydroxylation is 1. The Bertz CT molecular complexity index is 402. The normalized spacial score (nSPS) is 10.6. The van der Waals surface area contributed by atoms with Crippen LogP contribution in [0.1, 0.15) is 0 Å². The first kappa shape index (κ1) is 6.09. The maximum atomic E-state index is 10.7. The molecule has 5 nitrogen and oxygen atoms in total. The van der Waals surface area contributed by atoms with Crippen LogP contribution in [0, 0.1) is 0 Å². The third-order valence-electron chi connectivity index (χ3n) is 1.38. The molecule has 56 valence electrons. The molecule has 11 heavy (non-hydrogen) atoms. The number of hydrogen-bond donors (Lipinski definition) is 1. The average molecular weight is 150 g/mol. The van der Waals surface area contributed by atoms with Gasteiger partial charge in [0.05, 0.1) is 6.33 Å². The monoisotopic (exact) mass is 150 g/mol. The van der Waals surface area contributed by atoms with Crippen LogP contribution in [0.15, 0.2) is 17.3 Å². The number of H-pyrrole nitrogens is 1. The molecule has 0 aliphatic carbocycles. The minimum Gasteiger partial charge on any atom is -0.340 e. The molecule has 0 saturated heterocycles. The van der Waals surface area contributed by atoms with Crippen molar-refractivity contribution in [2.75, 3.05) is 0 Å². The van der Waals surface area contributed by atoms with Crippen LogP contribution in [-0.4, -0.2) is 19.5 Å². The van der Waals surface area contributed by atoms with E-state index in [4.69, 9.17) is 0 Å². The zero-order chi connectivity index (χ0) is 7.84. The first-order valence-corrected chi connectivity index (χ1v) is 3.14. The van der Waals surface area contributed by atoms with E-state index in [2.05, 4.69) is 15.0 Å². The number of aromatic amines is 1. The summed E-state index contributed by atoms with van der Waals surface area (Å²) in [4.78, 5) is 20.8. The lowest BCUT2D eigenvalue weighted by Crippen LogP contribution is -1.98. The molecule has 2 heterocycles. The fraction of sp³-hybridized carbons (Fsp3) is 0.167. The Balaban J connectivity index is 2.82. The zero-order valence-electron chi connectivity index (χ0n) is 5.90. The number of nitrogens with zero attached hydrogens (tertiary/aromatic N) is 3. The van der Waals surface area contributed by atoms with E-state index in [0.29, 0.717) is 11.5 Å². The van der Waals surface area contributed by atoms with Gasteiger partial charge in [0.2, 0.25) is 0 Å². The Hall–Kier alpha value is -1.65. The minimum atomic E-state index is -0.348. The standard InChI is InChI=1S/C6H6N4O/c1-10-2-4-5(7-3-10)9-6(11)8-4/h2-3H,1H3,(H,8,11). The van der Waals surface area contributed by atoms with E-state index in [-0.39, 0.29) is 5.69 Å². The molecule has 0 radical (unpaired) electrons. The summed E-state index contributed by atoms with van der Waals surface area (Å²) in [6, 6.07) is 0. The fourth-order valence-corrected chi connectivity index (χ4v) is 0.927. The maximum Gasteiger partial charge on any atom is 0.347 e. The molecule has 0 spiro atoms. The van der Waals surface area contributed by atoms with Crippen molar-refractivity contribution in [2.45, 2.75) is 0 Å². The highest BCUT2D eigenvalue weighted by Crippen LogP contribution is 2.07. The summed E-state index contributed by atoms with van der Waals surface area (Å²) < 4.78 is 1.75. The summed E-state index contributed by atoms with van der Waals surface area (Å²) >= 11 is 0. The predicted molar refractivity (Wildman–Crippen MR) is 38.2 cm³/mol. The number of fused-ring (bicyclic) bond motifs is 1. The van der Waals surface area contributed by atoms with Crippen molar-refractivity contribution in [1.29, 1.82) is 0 Å². The predicted octanol–water partition coefficient (Wildman–Crippen LogP) is -0.392. The molecule has 2 aliphatic heterocycles. The topological polar surface area (TPSA) is 63.6 Å². The van der Waals surface area contributed by atoms with E-state index < -0.39 is 0 Å². The molecule has 0 aromatic carbocycles. The summed E-state index contributed by atoms with van der Waals surface area (Å²) in [5.41, 5.74) is 0.318. The number of hydrogen-bond acceptors (Lipinski definition) is 3. The van der Waals surface area contributed by atoms with Gasteiger partial charge in [-0.15, -0.1) is 0 Å². The first-order valence-electron chi connectivity index (χ1n) is 3.14. The van der Waals surface area contributed by atoms with Gasteiger partial charge in [-0.05, 0) is 0 Å². The second kappa shape index (κ2) is 1.91. The number of nitrogens with one attached hydrogen (secondary N) is 1. The summed E-state index contributed by atoms with van der Waals surface area (Å²) in [7, 11) is 1.83. The van der Waals surface area contributed by atoms with Gasteiger partial charge < -0.3 is 9.55 Å². The molecule has 0 unspecified atom stereocenters. The molecule has 0 aromatic heterocycles. The molecule has 0 atom stereocenters. The van der Waals surface area contributed by atoms with Gasteiger partial charge in [0.15, 0.2) is 5.82 Å². The number of imidazole rings is 1. The number of rotatable bonds is 0. The van der Waals surface area contributed by atoms with Crippen LogP contribution in [0.5, 0.6) is 0 Å². The van der Waals surface area contributed by atoms with Gasteiger partial charge >= 0.3 is 5.69 Å². The van der Waals surface area contributed by atoms with Gasteiger partial charge in [-0.1, -0.05) is 0 Å². The van der Waals surface area contributed by atoms with Gasteiger partial charge in [-0.3, -0.25) is 0 Å². The molecule has 0 amide bonds. The van der Waals surface area contributed by atoms with Crippen molar-refractivity contribution in [2.24, 2.45) is 7.05 Å². The molecule has 5 heteroatoms. The van der Waals surface area contributed by atoms with Gasteiger partial charge in [-0.25, -0.2) is 9.78 Å². The molecule has 0 fully saturated rings. The van der Waals surface area contributed by atoms with Crippen LogP contribution >= 0.6 is 0 Å². The smallest absolute Gasteiger partial charge is 0.340 e. The molecule has 0 aromatic rings. The Kier molecular flexibility index (Phi) is 1.06. The van der Waals surface area contributed by atoms with Crippen LogP contribution in [0.3, 0.4) is 0 Å². The average Bonchev–Trinajstić information content (AvgIpc) is 2.27. The van der Waals surface area contributed by atoms with Crippen LogP contribution in [0.2, 0.25) is 0 Å². The molecule has 0 bridgehead atoms. The molecule has 2 aliphatic rings. The van der Waals surface area contributed by atoms with Crippen LogP contribution < -0.4 is 5.69 Å². The molecular formula is C6H6N4O. The van der Waals surface area contributed by atoms with E-state index in [1.807, 2.05) is 7.05 Å². The Morgan fingerprint density at radius 3 is 3.27 bits per heavy atom. The summed E-state index contributed by atoms with van der Waals surface area (Å²) in [6.07, 6.45) is 3.36. The summed E-state index contributed by atoms with van der Waals surface area (Å²) in [5.74, 6) is 0.466. The number of aromatic nitrogens is 4. The Labute approximate surface area is 62.1 Å². The van der Waals surface area contributed by atoms with Crippen molar-refractivity contribution in [3.05, 3.63) is 23.0 Å². The summed E-state index contributed by atoms with van der Waals surface area (Å²) in [5, 5.41) is 0. The largest absolute Gasteiger partial charge is 0.347 e. The van der Waals surface area contributed by atoms with E-state index >= 15 is 0 Å². The molecular weight excluding hydrogens is 144 g/mol. The quantitative estimate of drug-likeness (QED) is 0.556.